The minimum Gasteiger partial charge on any atom is -0.478 e. The van der Waals surface area contributed by atoms with Gasteiger partial charge in [0, 0.05) is 16.3 Å². The van der Waals surface area contributed by atoms with Crippen LogP contribution in [0.3, 0.4) is 0 Å². The number of nitrogens with one attached hydrogen (secondary N) is 1. The molecule has 21 heavy (non-hydrogen) atoms. The molecule has 0 radical (unpaired) electrons. The van der Waals surface area contributed by atoms with Gasteiger partial charge in [-0.15, -0.1) is 0 Å². The molecule has 2 rings (SSSR count). The van der Waals surface area contributed by atoms with Crippen molar-refractivity contribution in [3.63, 3.8) is 0 Å². The quantitative estimate of drug-likeness (QED) is 0.759. The Balaban J connectivity index is 2.38. The van der Waals surface area contributed by atoms with Crippen LogP contribution < -0.4 is 11.1 Å². The maximum absolute atomic E-state index is 12.3. The molecule has 2 aromatic carbocycles. The molecule has 0 aliphatic rings. The van der Waals surface area contributed by atoms with Crippen LogP contribution in [0.1, 0.15) is 26.3 Å². The summed E-state index contributed by atoms with van der Waals surface area (Å²) in [5.41, 5.74) is 7.37. The molecule has 5 nitrogen and oxygen atoms in total. The third kappa shape index (κ3) is 3.14. The van der Waals surface area contributed by atoms with Gasteiger partial charge in [0.25, 0.3) is 5.91 Å². The second-order valence-electron chi connectivity index (χ2n) is 4.47. The Morgan fingerprint density at radius 3 is 2.57 bits per heavy atom. The molecule has 0 unspecified atom stereocenters. The van der Waals surface area contributed by atoms with E-state index in [-0.39, 0.29) is 11.3 Å². The van der Waals surface area contributed by atoms with E-state index in [4.69, 9.17) is 22.4 Å². The van der Waals surface area contributed by atoms with Gasteiger partial charge < -0.3 is 16.2 Å². The molecule has 0 aliphatic heterocycles. The number of rotatable bonds is 3. The van der Waals surface area contributed by atoms with Crippen molar-refractivity contribution in [1.29, 1.82) is 0 Å². The van der Waals surface area contributed by atoms with Crippen LogP contribution in [0.4, 0.5) is 11.4 Å². The number of carboxylic acids is 1. The fourth-order valence-corrected chi connectivity index (χ4v) is 2.07. The second-order valence-corrected chi connectivity index (χ2v) is 4.91. The van der Waals surface area contributed by atoms with Crippen molar-refractivity contribution in [1.82, 2.24) is 0 Å². The lowest BCUT2D eigenvalue weighted by Crippen LogP contribution is -2.16. The third-order valence-corrected chi connectivity index (χ3v) is 3.32. The van der Waals surface area contributed by atoms with Crippen LogP contribution in [0.5, 0.6) is 0 Å². The number of carbonyl (C=O) groups is 2. The summed E-state index contributed by atoms with van der Waals surface area (Å²) < 4.78 is 0. The molecule has 0 aromatic heterocycles. The predicted octanol–water partition coefficient (Wildman–Crippen LogP) is 3.18. The van der Waals surface area contributed by atoms with E-state index < -0.39 is 11.9 Å². The summed E-state index contributed by atoms with van der Waals surface area (Å²) in [5, 5.41) is 12.0. The Kier molecular flexibility index (Phi) is 4.14. The maximum Gasteiger partial charge on any atom is 0.337 e. The molecule has 0 bridgehead atoms. The molecule has 0 saturated carbocycles. The van der Waals surface area contributed by atoms with Crippen molar-refractivity contribution in [3.8, 4) is 0 Å². The van der Waals surface area contributed by atoms with Crippen LogP contribution in [0.2, 0.25) is 5.02 Å². The lowest BCUT2D eigenvalue weighted by molar-refractivity contribution is 0.0698. The average molecular weight is 305 g/mol. The van der Waals surface area contributed by atoms with E-state index in [0.717, 1.165) is 0 Å². The summed E-state index contributed by atoms with van der Waals surface area (Å²) in [5.74, 6) is -1.59. The summed E-state index contributed by atoms with van der Waals surface area (Å²) in [6.07, 6.45) is 0. The van der Waals surface area contributed by atoms with Gasteiger partial charge in [-0.3, -0.25) is 4.79 Å². The first-order valence-corrected chi connectivity index (χ1v) is 6.47. The minimum atomic E-state index is -1.15. The zero-order valence-electron chi connectivity index (χ0n) is 11.2. The maximum atomic E-state index is 12.3. The van der Waals surface area contributed by atoms with E-state index in [1.807, 2.05) is 0 Å². The van der Waals surface area contributed by atoms with Gasteiger partial charge in [-0.25, -0.2) is 4.79 Å². The molecule has 108 valence electrons. The van der Waals surface area contributed by atoms with Gasteiger partial charge in [-0.05, 0) is 42.8 Å². The van der Waals surface area contributed by atoms with E-state index >= 15 is 0 Å². The molecule has 0 atom stereocenters. The smallest absolute Gasteiger partial charge is 0.337 e. The Bertz CT molecular complexity index is 729. The zero-order chi connectivity index (χ0) is 15.6. The first-order valence-electron chi connectivity index (χ1n) is 6.09. The molecule has 0 heterocycles. The number of hydrogen-bond donors (Lipinski definition) is 3. The highest BCUT2D eigenvalue weighted by Gasteiger charge is 2.16. The van der Waals surface area contributed by atoms with Crippen molar-refractivity contribution in [2.45, 2.75) is 6.92 Å². The van der Waals surface area contributed by atoms with Crippen LogP contribution in [0.25, 0.3) is 0 Å². The SMILES string of the molecule is Cc1c(N)cccc1C(=O)Nc1cc(Cl)ccc1C(=O)O. The number of anilines is 2. The number of carbonyl (C=O) groups excluding carboxylic acids is 1. The monoisotopic (exact) mass is 304 g/mol. The minimum absolute atomic E-state index is 0.0330. The molecule has 1 amide bonds. The summed E-state index contributed by atoms with van der Waals surface area (Å²) in [4.78, 5) is 23.4. The fraction of sp³-hybridized carbons (Fsp3) is 0.0667. The van der Waals surface area contributed by atoms with Crippen LogP contribution >= 0.6 is 11.6 Å². The zero-order valence-corrected chi connectivity index (χ0v) is 11.9. The van der Waals surface area contributed by atoms with Crippen molar-refractivity contribution in [2.24, 2.45) is 0 Å². The van der Waals surface area contributed by atoms with E-state index in [1.54, 1.807) is 25.1 Å². The van der Waals surface area contributed by atoms with Crippen molar-refractivity contribution >= 4 is 34.9 Å². The van der Waals surface area contributed by atoms with E-state index in [9.17, 15) is 9.59 Å². The average Bonchev–Trinajstić information content (AvgIpc) is 2.41. The van der Waals surface area contributed by atoms with Crippen molar-refractivity contribution in [2.75, 3.05) is 11.1 Å². The highest BCUT2D eigenvalue weighted by Crippen LogP contribution is 2.23. The van der Waals surface area contributed by atoms with Gasteiger partial charge in [-0.1, -0.05) is 17.7 Å². The Labute approximate surface area is 126 Å². The van der Waals surface area contributed by atoms with Gasteiger partial charge in [-0.2, -0.15) is 0 Å². The number of carboxylic acid groups (broad SMARTS) is 1. The summed E-state index contributed by atoms with van der Waals surface area (Å²) in [7, 11) is 0. The van der Waals surface area contributed by atoms with Crippen molar-refractivity contribution < 1.29 is 14.7 Å². The number of halogens is 1. The number of hydrogen-bond acceptors (Lipinski definition) is 3. The van der Waals surface area contributed by atoms with E-state index in [1.165, 1.54) is 18.2 Å². The molecule has 4 N–H and O–H groups in total. The van der Waals surface area contributed by atoms with Crippen LogP contribution in [0.15, 0.2) is 36.4 Å². The van der Waals surface area contributed by atoms with Crippen LogP contribution in [-0.4, -0.2) is 17.0 Å². The third-order valence-electron chi connectivity index (χ3n) is 3.08. The van der Waals surface area contributed by atoms with E-state index in [0.29, 0.717) is 21.8 Å². The Morgan fingerprint density at radius 1 is 1.19 bits per heavy atom. The predicted molar refractivity (Wildman–Crippen MR) is 82.0 cm³/mol. The number of benzene rings is 2. The summed E-state index contributed by atoms with van der Waals surface area (Å²) in [6.45, 7) is 1.72. The lowest BCUT2D eigenvalue weighted by atomic mass is 10.1. The summed E-state index contributed by atoms with van der Waals surface area (Å²) in [6, 6.07) is 9.15. The molecular formula is C15H13ClN2O3. The van der Waals surface area contributed by atoms with E-state index in [2.05, 4.69) is 5.32 Å². The normalized spacial score (nSPS) is 10.2. The number of amides is 1. The number of aromatic carboxylic acids is 1. The number of nitrogens with two attached hydrogens (primary N) is 1. The van der Waals surface area contributed by atoms with Gasteiger partial charge in [0.05, 0.1) is 11.3 Å². The summed E-state index contributed by atoms with van der Waals surface area (Å²) >= 11 is 5.84. The standard InChI is InChI=1S/C15H13ClN2O3/c1-8-10(3-2-4-12(8)17)14(19)18-13-7-9(16)5-6-11(13)15(20)21/h2-7H,17H2,1H3,(H,18,19)(H,20,21). The second kappa shape index (κ2) is 5.85. The largest absolute Gasteiger partial charge is 0.478 e. The van der Waals surface area contributed by atoms with Gasteiger partial charge in [0.1, 0.15) is 0 Å². The number of nitrogen functional groups attached to an aromatic ring is 1. The molecule has 0 saturated heterocycles. The van der Waals surface area contributed by atoms with Crippen molar-refractivity contribution in [3.05, 3.63) is 58.1 Å². The lowest BCUT2D eigenvalue weighted by Gasteiger charge is -2.11. The Morgan fingerprint density at radius 2 is 1.90 bits per heavy atom. The molecular weight excluding hydrogens is 292 g/mol. The molecule has 0 aliphatic carbocycles. The van der Waals surface area contributed by atoms with Crippen LogP contribution in [0, 0.1) is 6.92 Å². The van der Waals surface area contributed by atoms with Gasteiger partial charge in [0.2, 0.25) is 0 Å². The topological polar surface area (TPSA) is 92.4 Å². The highest BCUT2D eigenvalue weighted by molar-refractivity contribution is 6.31. The van der Waals surface area contributed by atoms with Crippen LogP contribution in [-0.2, 0) is 0 Å². The molecule has 0 fully saturated rings. The molecule has 2 aromatic rings. The van der Waals surface area contributed by atoms with Gasteiger partial charge >= 0.3 is 5.97 Å². The Hall–Kier alpha value is -2.53. The first kappa shape index (κ1) is 14.9. The molecule has 6 heteroatoms. The molecule has 0 spiro atoms. The highest BCUT2D eigenvalue weighted by atomic mass is 35.5. The fourth-order valence-electron chi connectivity index (χ4n) is 1.90. The first-order chi connectivity index (χ1) is 9.90. The van der Waals surface area contributed by atoms with Gasteiger partial charge in [0.15, 0.2) is 0 Å².